The van der Waals surface area contributed by atoms with Gasteiger partial charge in [0.15, 0.2) is 6.54 Å². The second-order valence-electron chi connectivity index (χ2n) is 6.62. The number of quaternary nitrogens is 1. The second-order valence-corrected chi connectivity index (χ2v) is 7.06. The van der Waals surface area contributed by atoms with E-state index < -0.39 is 0 Å². The van der Waals surface area contributed by atoms with Gasteiger partial charge in [-0.1, -0.05) is 31.4 Å². The van der Waals surface area contributed by atoms with Crippen LogP contribution in [-0.2, 0) is 4.79 Å². The molecule has 0 aliphatic heterocycles. The van der Waals surface area contributed by atoms with E-state index in [1.165, 1.54) is 19.3 Å². The van der Waals surface area contributed by atoms with Crippen LogP contribution < -0.4 is 15.0 Å². The molecule has 0 radical (unpaired) electrons. The predicted molar refractivity (Wildman–Crippen MR) is 93.1 cm³/mol. The third kappa shape index (κ3) is 6.40. The quantitative estimate of drug-likeness (QED) is 0.797. The minimum atomic E-state index is 0.146. The zero-order valence-corrected chi connectivity index (χ0v) is 14.9. The van der Waals surface area contributed by atoms with Crippen LogP contribution >= 0.6 is 11.6 Å². The van der Waals surface area contributed by atoms with Crippen molar-refractivity contribution in [3.63, 3.8) is 0 Å². The number of halogens is 1. The molecule has 128 valence electrons. The van der Waals surface area contributed by atoms with Crippen molar-refractivity contribution in [2.75, 3.05) is 26.7 Å². The van der Waals surface area contributed by atoms with Crippen molar-refractivity contribution in [3.05, 3.63) is 29.3 Å². The highest BCUT2D eigenvalue weighted by atomic mass is 35.5. The van der Waals surface area contributed by atoms with Crippen LogP contribution in [0.1, 0.15) is 32.6 Å². The van der Waals surface area contributed by atoms with E-state index in [0.29, 0.717) is 30.1 Å². The number of benzene rings is 1. The van der Waals surface area contributed by atoms with Gasteiger partial charge >= 0.3 is 0 Å². The molecule has 0 saturated heterocycles. The minimum Gasteiger partial charge on any atom is -0.488 e. The molecule has 0 spiro atoms. The maximum absolute atomic E-state index is 12.2. The third-order valence-corrected chi connectivity index (χ3v) is 4.78. The molecule has 2 rings (SSSR count). The van der Waals surface area contributed by atoms with Gasteiger partial charge in [-0.3, -0.25) is 4.79 Å². The number of amides is 1. The molecular weight excluding hydrogens is 312 g/mol. The molecule has 0 heterocycles. The van der Waals surface area contributed by atoms with E-state index >= 15 is 0 Å². The Bertz CT molecular complexity index is 492. The molecule has 1 fully saturated rings. The summed E-state index contributed by atoms with van der Waals surface area (Å²) in [5.74, 6) is 1.55. The molecule has 0 bridgehead atoms. The number of rotatable bonds is 7. The topological polar surface area (TPSA) is 42.8 Å². The van der Waals surface area contributed by atoms with E-state index in [2.05, 4.69) is 12.2 Å². The average molecular weight is 340 g/mol. The summed E-state index contributed by atoms with van der Waals surface area (Å²) in [6.45, 7) is 4.10. The molecule has 5 heteroatoms. The van der Waals surface area contributed by atoms with Crippen molar-refractivity contribution in [1.82, 2.24) is 5.32 Å². The van der Waals surface area contributed by atoms with Crippen LogP contribution in [0, 0.1) is 5.92 Å². The molecule has 1 aromatic carbocycles. The highest BCUT2D eigenvalue weighted by Gasteiger charge is 2.23. The molecule has 1 aromatic rings. The second kappa shape index (κ2) is 9.14. The first kappa shape index (κ1) is 18.1. The van der Waals surface area contributed by atoms with Crippen molar-refractivity contribution in [2.45, 2.75) is 38.6 Å². The molecular formula is C18H28ClN2O2+. The summed E-state index contributed by atoms with van der Waals surface area (Å²) in [6, 6.07) is 7.69. The normalized spacial score (nSPS) is 22.4. The summed E-state index contributed by atoms with van der Waals surface area (Å²) in [6.07, 6.45) is 4.86. The van der Waals surface area contributed by atoms with Crippen molar-refractivity contribution < 1.29 is 14.4 Å². The molecule has 1 saturated carbocycles. The summed E-state index contributed by atoms with van der Waals surface area (Å²) in [4.78, 5) is 13.3. The number of carbonyl (C=O) groups excluding carboxylic acids is 1. The summed E-state index contributed by atoms with van der Waals surface area (Å²) >= 11 is 5.84. The van der Waals surface area contributed by atoms with Crippen LogP contribution in [0.5, 0.6) is 5.75 Å². The van der Waals surface area contributed by atoms with E-state index in [-0.39, 0.29) is 5.91 Å². The fourth-order valence-corrected chi connectivity index (χ4v) is 3.15. The number of hydrogen-bond donors (Lipinski definition) is 2. The van der Waals surface area contributed by atoms with Crippen LogP contribution in [-0.4, -0.2) is 38.7 Å². The number of hydrogen-bond acceptors (Lipinski definition) is 2. The van der Waals surface area contributed by atoms with Gasteiger partial charge in [0, 0.05) is 11.1 Å². The summed E-state index contributed by atoms with van der Waals surface area (Å²) in [5.41, 5.74) is 0. The Labute approximate surface area is 144 Å². The fourth-order valence-electron chi connectivity index (χ4n) is 3.02. The van der Waals surface area contributed by atoms with Crippen LogP contribution in [0.3, 0.4) is 0 Å². The molecule has 3 atom stereocenters. The van der Waals surface area contributed by atoms with E-state index in [1.54, 1.807) is 0 Å². The highest BCUT2D eigenvalue weighted by molar-refractivity contribution is 6.30. The smallest absolute Gasteiger partial charge is 0.275 e. The Morgan fingerprint density at radius 3 is 2.70 bits per heavy atom. The van der Waals surface area contributed by atoms with Gasteiger partial charge in [0.2, 0.25) is 0 Å². The van der Waals surface area contributed by atoms with Crippen molar-refractivity contribution >= 4 is 17.5 Å². The lowest BCUT2D eigenvalue weighted by Crippen LogP contribution is -3.10. The lowest BCUT2D eigenvalue weighted by Gasteiger charge is -2.29. The van der Waals surface area contributed by atoms with E-state index in [9.17, 15) is 4.79 Å². The van der Waals surface area contributed by atoms with Crippen molar-refractivity contribution in [3.8, 4) is 5.75 Å². The van der Waals surface area contributed by atoms with Crippen LogP contribution in [0.2, 0.25) is 5.02 Å². The van der Waals surface area contributed by atoms with Gasteiger partial charge in [-0.25, -0.2) is 0 Å². The largest absolute Gasteiger partial charge is 0.488 e. The first-order valence-electron chi connectivity index (χ1n) is 8.53. The van der Waals surface area contributed by atoms with Crippen molar-refractivity contribution in [2.24, 2.45) is 5.92 Å². The molecule has 1 unspecified atom stereocenters. The monoisotopic (exact) mass is 339 g/mol. The predicted octanol–water partition coefficient (Wildman–Crippen LogP) is 1.93. The van der Waals surface area contributed by atoms with E-state index in [4.69, 9.17) is 16.3 Å². The Morgan fingerprint density at radius 2 is 2.00 bits per heavy atom. The van der Waals surface area contributed by atoms with Crippen LogP contribution in [0.15, 0.2) is 24.3 Å². The molecule has 1 aliphatic rings. The van der Waals surface area contributed by atoms with E-state index in [0.717, 1.165) is 23.6 Å². The molecule has 2 N–H and O–H groups in total. The summed E-state index contributed by atoms with van der Waals surface area (Å²) < 4.78 is 5.67. The Balaban J connectivity index is 1.64. The first-order valence-corrected chi connectivity index (χ1v) is 8.91. The molecule has 1 amide bonds. The fraction of sp³-hybridized carbons (Fsp3) is 0.611. The minimum absolute atomic E-state index is 0.146. The van der Waals surface area contributed by atoms with E-state index in [1.807, 2.05) is 31.3 Å². The third-order valence-electron chi connectivity index (χ3n) is 4.53. The van der Waals surface area contributed by atoms with Gasteiger partial charge in [0.25, 0.3) is 5.91 Å². The summed E-state index contributed by atoms with van der Waals surface area (Å²) in [7, 11) is 2.02. The maximum Gasteiger partial charge on any atom is 0.275 e. The Morgan fingerprint density at radius 1 is 1.30 bits per heavy atom. The maximum atomic E-state index is 12.2. The zero-order chi connectivity index (χ0) is 16.7. The Kier molecular flexibility index (Phi) is 7.18. The SMILES string of the molecule is C[C@H]1CCCC[C@@H]1NC(=O)C[NH+](C)CCOc1ccc(Cl)cc1. The van der Waals surface area contributed by atoms with Crippen LogP contribution in [0.25, 0.3) is 0 Å². The molecule has 1 aliphatic carbocycles. The van der Waals surface area contributed by atoms with Gasteiger partial charge in [0.05, 0.1) is 7.05 Å². The molecule has 4 nitrogen and oxygen atoms in total. The van der Waals surface area contributed by atoms with Gasteiger partial charge in [-0.15, -0.1) is 0 Å². The zero-order valence-electron chi connectivity index (χ0n) is 14.1. The lowest BCUT2D eigenvalue weighted by atomic mass is 9.86. The summed E-state index contributed by atoms with van der Waals surface area (Å²) in [5, 5.41) is 3.90. The van der Waals surface area contributed by atoms with Crippen LogP contribution in [0.4, 0.5) is 0 Å². The van der Waals surface area contributed by atoms with Crippen molar-refractivity contribution in [1.29, 1.82) is 0 Å². The Hall–Kier alpha value is -1.26. The number of nitrogens with one attached hydrogen (secondary N) is 2. The molecule has 0 aromatic heterocycles. The number of carbonyl (C=O) groups is 1. The highest BCUT2D eigenvalue weighted by Crippen LogP contribution is 2.23. The first-order chi connectivity index (χ1) is 11.0. The number of ether oxygens (including phenoxy) is 1. The average Bonchev–Trinajstić information content (AvgIpc) is 2.51. The lowest BCUT2D eigenvalue weighted by molar-refractivity contribution is -0.871. The van der Waals surface area contributed by atoms with Gasteiger partial charge < -0.3 is 15.0 Å². The molecule has 23 heavy (non-hydrogen) atoms. The van der Waals surface area contributed by atoms with Gasteiger partial charge in [-0.05, 0) is 43.0 Å². The standard InChI is InChI=1S/C18H27ClN2O2/c1-14-5-3-4-6-17(14)20-18(22)13-21(2)11-12-23-16-9-7-15(19)8-10-16/h7-10,14,17H,3-6,11-13H2,1-2H3,(H,20,22)/p+1/t14-,17-/m0/s1. The van der Waals surface area contributed by atoms with Gasteiger partial charge in [0.1, 0.15) is 18.9 Å². The number of likely N-dealkylation sites (N-methyl/N-ethyl adjacent to an activating group) is 1. The van der Waals surface area contributed by atoms with Gasteiger partial charge in [-0.2, -0.15) is 0 Å².